The Morgan fingerprint density at radius 1 is 1.19 bits per heavy atom. The Hall–Kier alpha value is -1.35. The van der Waals surface area contributed by atoms with E-state index in [1.807, 2.05) is 0 Å². The highest BCUT2D eigenvalue weighted by atomic mass is 16.5. The van der Waals surface area contributed by atoms with Gasteiger partial charge in [-0.25, -0.2) is 0 Å². The van der Waals surface area contributed by atoms with Crippen molar-refractivity contribution >= 4 is 5.91 Å². The first kappa shape index (κ1) is 14.6. The van der Waals surface area contributed by atoms with Gasteiger partial charge in [0.15, 0.2) is 0 Å². The first-order valence-corrected chi connectivity index (χ1v) is 8.13. The molecule has 3 nitrogen and oxygen atoms in total. The van der Waals surface area contributed by atoms with Crippen LogP contribution in [0, 0.1) is 0 Å². The quantitative estimate of drug-likeness (QED) is 0.905. The average molecular weight is 287 g/mol. The van der Waals surface area contributed by atoms with Gasteiger partial charge in [0.2, 0.25) is 5.91 Å². The second-order valence-electron chi connectivity index (χ2n) is 6.61. The molecule has 1 saturated carbocycles. The zero-order chi connectivity index (χ0) is 14.7. The van der Waals surface area contributed by atoms with E-state index in [2.05, 4.69) is 35.6 Å². The Bertz CT molecular complexity index is 477. The van der Waals surface area contributed by atoms with Gasteiger partial charge in [0, 0.05) is 19.6 Å². The number of hydrogen-bond donors (Lipinski definition) is 1. The fourth-order valence-electron chi connectivity index (χ4n) is 3.99. The van der Waals surface area contributed by atoms with Crippen LogP contribution >= 0.6 is 0 Å². The van der Waals surface area contributed by atoms with Gasteiger partial charge in [-0.1, -0.05) is 30.3 Å². The molecule has 1 saturated heterocycles. The summed E-state index contributed by atoms with van der Waals surface area (Å²) in [5.74, 6) is 0.747. The molecule has 1 unspecified atom stereocenters. The van der Waals surface area contributed by atoms with Crippen LogP contribution in [0.25, 0.3) is 0 Å². The SMILES string of the molecule is CC(=O)NC1CCOC2(CCC(c3ccccc3)CC2)C1. The molecule has 1 spiro atoms. The van der Waals surface area contributed by atoms with Crippen molar-refractivity contribution in [3.05, 3.63) is 35.9 Å². The minimum atomic E-state index is 0.0106. The van der Waals surface area contributed by atoms with Crippen LogP contribution in [-0.2, 0) is 9.53 Å². The van der Waals surface area contributed by atoms with E-state index in [1.54, 1.807) is 6.92 Å². The lowest BCUT2D eigenvalue weighted by molar-refractivity contribution is -0.127. The highest BCUT2D eigenvalue weighted by molar-refractivity contribution is 5.73. The second kappa shape index (κ2) is 6.18. The van der Waals surface area contributed by atoms with Crippen molar-refractivity contribution in [3.8, 4) is 0 Å². The number of carbonyl (C=O) groups excluding carboxylic acids is 1. The number of ether oxygens (including phenoxy) is 1. The van der Waals surface area contributed by atoms with Gasteiger partial charge in [0.05, 0.1) is 5.60 Å². The molecule has 1 N–H and O–H groups in total. The normalized spacial score (nSPS) is 32.8. The van der Waals surface area contributed by atoms with Crippen LogP contribution in [0.2, 0.25) is 0 Å². The van der Waals surface area contributed by atoms with Gasteiger partial charge in [0.1, 0.15) is 0 Å². The van der Waals surface area contributed by atoms with E-state index in [1.165, 1.54) is 18.4 Å². The molecule has 1 aromatic rings. The van der Waals surface area contributed by atoms with Crippen molar-refractivity contribution in [3.63, 3.8) is 0 Å². The smallest absolute Gasteiger partial charge is 0.217 e. The summed E-state index contributed by atoms with van der Waals surface area (Å²) in [6.45, 7) is 2.38. The molecule has 3 rings (SSSR count). The standard InChI is InChI=1S/C18H25NO2/c1-14(20)19-17-9-12-21-18(13-17)10-7-16(8-11-18)15-5-3-2-4-6-15/h2-6,16-17H,7-13H2,1H3,(H,19,20). The summed E-state index contributed by atoms with van der Waals surface area (Å²) in [6, 6.07) is 11.1. The summed E-state index contributed by atoms with van der Waals surface area (Å²) in [4.78, 5) is 11.3. The topological polar surface area (TPSA) is 38.3 Å². The van der Waals surface area contributed by atoms with Gasteiger partial charge in [-0.2, -0.15) is 0 Å². The summed E-state index contributed by atoms with van der Waals surface area (Å²) in [5, 5.41) is 3.08. The van der Waals surface area contributed by atoms with Crippen molar-refractivity contribution in [2.45, 2.75) is 63.0 Å². The molecule has 1 heterocycles. The molecule has 1 amide bonds. The third-order valence-electron chi connectivity index (χ3n) is 5.07. The molecule has 1 aliphatic carbocycles. The Morgan fingerprint density at radius 2 is 1.90 bits per heavy atom. The maximum atomic E-state index is 11.3. The highest BCUT2D eigenvalue weighted by Gasteiger charge is 2.41. The third-order valence-corrected chi connectivity index (χ3v) is 5.07. The van der Waals surface area contributed by atoms with Crippen molar-refractivity contribution in [1.82, 2.24) is 5.32 Å². The Morgan fingerprint density at radius 3 is 2.57 bits per heavy atom. The minimum Gasteiger partial charge on any atom is -0.375 e. The van der Waals surface area contributed by atoms with Crippen LogP contribution < -0.4 is 5.32 Å². The van der Waals surface area contributed by atoms with E-state index >= 15 is 0 Å². The first-order valence-electron chi connectivity index (χ1n) is 8.13. The summed E-state index contributed by atoms with van der Waals surface area (Å²) in [7, 11) is 0. The van der Waals surface area contributed by atoms with Gasteiger partial charge >= 0.3 is 0 Å². The summed E-state index contributed by atoms with van der Waals surface area (Å²) >= 11 is 0. The molecule has 2 aliphatic rings. The molecule has 1 aromatic carbocycles. The number of hydrogen-bond acceptors (Lipinski definition) is 2. The summed E-state index contributed by atoms with van der Waals surface area (Å²) < 4.78 is 6.15. The fourth-order valence-corrected chi connectivity index (χ4v) is 3.99. The first-order chi connectivity index (χ1) is 10.2. The molecule has 114 valence electrons. The maximum absolute atomic E-state index is 11.3. The third kappa shape index (κ3) is 3.46. The molecule has 0 aromatic heterocycles. The molecule has 0 radical (unpaired) electrons. The lowest BCUT2D eigenvalue weighted by Crippen LogP contribution is -2.49. The van der Waals surface area contributed by atoms with Crippen LogP contribution in [0.15, 0.2) is 30.3 Å². The second-order valence-corrected chi connectivity index (χ2v) is 6.61. The van der Waals surface area contributed by atoms with Gasteiger partial charge in [-0.3, -0.25) is 4.79 Å². The lowest BCUT2D eigenvalue weighted by atomic mass is 9.72. The van der Waals surface area contributed by atoms with Gasteiger partial charge < -0.3 is 10.1 Å². The van der Waals surface area contributed by atoms with Crippen molar-refractivity contribution < 1.29 is 9.53 Å². The van der Waals surface area contributed by atoms with Gasteiger partial charge in [-0.05, 0) is 50.0 Å². The zero-order valence-corrected chi connectivity index (χ0v) is 12.8. The van der Waals surface area contributed by atoms with Crippen molar-refractivity contribution in [1.29, 1.82) is 0 Å². The highest BCUT2D eigenvalue weighted by Crippen LogP contribution is 2.44. The molecule has 21 heavy (non-hydrogen) atoms. The van der Waals surface area contributed by atoms with E-state index in [0.29, 0.717) is 12.0 Å². The molecule has 0 bridgehead atoms. The number of carbonyl (C=O) groups is 1. The maximum Gasteiger partial charge on any atom is 0.217 e. The number of benzene rings is 1. The molecule has 1 atom stereocenters. The van der Waals surface area contributed by atoms with Gasteiger partial charge in [0.25, 0.3) is 0 Å². The Balaban J connectivity index is 1.60. The Kier molecular flexibility index (Phi) is 4.29. The van der Waals surface area contributed by atoms with Gasteiger partial charge in [-0.15, -0.1) is 0 Å². The minimum absolute atomic E-state index is 0.0106. The fraction of sp³-hybridized carbons (Fsp3) is 0.611. The number of rotatable bonds is 2. The van der Waals surface area contributed by atoms with E-state index in [0.717, 1.165) is 32.3 Å². The predicted octanol–water partition coefficient (Wildman–Crippen LogP) is 3.40. The Labute approximate surface area is 127 Å². The lowest BCUT2D eigenvalue weighted by Gasteiger charge is -2.45. The predicted molar refractivity (Wildman–Crippen MR) is 83.2 cm³/mol. The molecular weight excluding hydrogens is 262 g/mol. The van der Waals surface area contributed by atoms with Crippen molar-refractivity contribution in [2.75, 3.05) is 6.61 Å². The van der Waals surface area contributed by atoms with E-state index in [4.69, 9.17) is 4.74 Å². The van der Waals surface area contributed by atoms with E-state index in [9.17, 15) is 4.79 Å². The van der Waals surface area contributed by atoms with Crippen LogP contribution in [0.4, 0.5) is 0 Å². The molecule has 2 fully saturated rings. The average Bonchev–Trinajstić information content (AvgIpc) is 2.48. The monoisotopic (exact) mass is 287 g/mol. The van der Waals surface area contributed by atoms with Crippen LogP contribution in [-0.4, -0.2) is 24.2 Å². The van der Waals surface area contributed by atoms with Crippen LogP contribution in [0.5, 0.6) is 0 Å². The van der Waals surface area contributed by atoms with E-state index in [-0.39, 0.29) is 11.5 Å². The van der Waals surface area contributed by atoms with Crippen molar-refractivity contribution in [2.24, 2.45) is 0 Å². The summed E-state index contributed by atoms with van der Waals surface area (Å²) in [6.07, 6.45) is 6.54. The summed E-state index contributed by atoms with van der Waals surface area (Å²) in [5.41, 5.74) is 1.47. The number of amides is 1. The molecule has 1 aliphatic heterocycles. The molecule has 3 heteroatoms. The van der Waals surface area contributed by atoms with Crippen LogP contribution in [0.3, 0.4) is 0 Å². The molecular formula is C18H25NO2. The van der Waals surface area contributed by atoms with Crippen LogP contribution in [0.1, 0.15) is 56.9 Å². The van der Waals surface area contributed by atoms with E-state index < -0.39 is 0 Å². The number of nitrogens with one attached hydrogen (secondary N) is 1. The largest absolute Gasteiger partial charge is 0.375 e. The zero-order valence-electron chi connectivity index (χ0n) is 12.8.